The van der Waals surface area contributed by atoms with Crippen molar-refractivity contribution in [3.05, 3.63) is 36.1 Å². The minimum atomic E-state index is -0.499. The van der Waals surface area contributed by atoms with E-state index < -0.39 is 6.04 Å². The van der Waals surface area contributed by atoms with Crippen LogP contribution in [0.3, 0.4) is 0 Å². The monoisotopic (exact) mass is 217 g/mol. The molecule has 0 aliphatic carbocycles. The van der Waals surface area contributed by atoms with Crippen molar-refractivity contribution in [1.29, 1.82) is 0 Å². The van der Waals surface area contributed by atoms with Gasteiger partial charge in [-0.15, -0.1) is 0 Å². The first-order valence-electron chi connectivity index (χ1n) is 5.38. The second kappa shape index (κ2) is 4.10. The standard InChI is InChI=1S/C13H15NO2/c1-8(2)12(14)13(15)11-7-9-5-3-4-6-10(9)16-11/h3-8,12H,14H2,1-2H3/t12-/m0/s1. The van der Waals surface area contributed by atoms with Crippen molar-refractivity contribution < 1.29 is 9.21 Å². The van der Waals surface area contributed by atoms with Gasteiger partial charge in [-0.25, -0.2) is 0 Å². The molecule has 1 aromatic carbocycles. The van der Waals surface area contributed by atoms with Crippen LogP contribution < -0.4 is 5.73 Å². The quantitative estimate of drug-likeness (QED) is 0.804. The van der Waals surface area contributed by atoms with Gasteiger partial charge in [-0.1, -0.05) is 32.0 Å². The van der Waals surface area contributed by atoms with Crippen LogP contribution in [0.1, 0.15) is 24.4 Å². The van der Waals surface area contributed by atoms with Gasteiger partial charge >= 0.3 is 0 Å². The molecule has 3 heteroatoms. The minimum Gasteiger partial charge on any atom is -0.453 e. The minimum absolute atomic E-state index is 0.112. The van der Waals surface area contributed by atoms with Crippen LogP contribution >= 0.6 is 0 Å². The Balaban J connectivity index is 2.37. The molecule has 0 spiro atoms. The lowest BCUT2D eigenvalue weighted by atomic mass is 9.99. The lowest BCUT2D eigenvalue weighted by molar-refractivity contribution is 0.0915. The molecule has 0 unspecified atom stereocenters. The third-order valence-electron chi connectivity index (χ3n) is 2.69. The van der Waals surface area contributed by atoms with Crippen LogP contribution in [-0.4, -0.2) is 11.8 Å². The molecule has 0 saturated carbocycles. The van der Waals surface area contributed by atoms with Gasteiger partial charge in [0.2, 0.25) is 5.78 Å². The maximum Gasteiger partial charge on any atom is 0.214 e. The Labute approximate surface area is 94.2 Å². The Morgan fingerprint density at radius 3 is 2.62 bits per heavy atom. The number of benzene rings is 1. The Bertz CT molecular complexity index is 480. The van der Waals surface area contributed by atoms with E-state index in [1.54, 1.807) is 6.07 Å². The summed E-state index contributed by atoms with van der Waals surface area (Å²) < 4.78 is 5.47. The number of ketones is 1. The van der Waals surface area contributed by atoms with Crippen LogP contribution in [0.2, 0.25) is 0 Å². The van der Waals surface area contributed by atoms with E-state index in [-0.39, 0.29) is 11.7 Å². The average molecular weight is 217 g/mol. The van der Waals surface area contributed by atoms with Crippen LogP contribution in [0, 0.1) is 5.92 Å². The molecular formula is C13H15NO2. The molecule has 2 rings (SSSR count). The van der Waals surface area contributed by atoms with Gasteiger partial charge in [0, 0.05) is 5.39 Å². The van der Waals surface area contributed by atoms with E-state index in [1.165, 1.54) is 0 Å². The van der Waals surface area contributed by atoms with Gasteiger partial charge in [-0.2, -0.15) is 0 Å². The summed E-state index contributed by atoms with van der Waals surface area (Å²) in [6, 6.07) is 8.79. The first-order valence-corrected chi connectivity index (χ1v) is 5.38. The third kappa shape index (κ3) is 1.86. The molecule has 16 heavy (non-hydrogen) atoms. The van der Waals surface area contributed by atoms with Crippen molar-refractivity contribution in [1.82, 2.24) is 0 Å². The molecule has 1 aromatic heterocycles. The van der Waals surface area contributed by atoms with Crippen molar-refractivity contribution in [3.8, 4) is 0 Å². The van der Waals surface area contributed by atoms with Gasteiger partial charge in [-0.05, 0) is 18.1 Å². The zero-order valence-corrected chi connectivity index (χ0v) is 9.44. The molecule has 84 valence electrons. The van der Waals surface area contributed by atoms with E-state index in [4.69, 9.17) is 10.2 Å². The first kappa shape index (κ1) is 10.9. The maximum absolute atomic E-state index is 11.9. The van der Waals surface area contributed by atoms with Crippen LogP contribution in [0.4, 0.5) is 0 Å². The molecule has 0 aliphatic heterocycles. The zero-order chi connectivity index (χ0) is 11.7. The maximum atomic E-state index is 11.9. The lowest BCUT2D eigenvalue weighted by Gasteiger charge is -2.11. The highest BCUT2D eigenvalue weighted by atomic mass is 16.3. The van der Waals surface area contributed by atoms with E-state index in [0.717, 1.165) is 11.0 Å². The Hall–Kier alpha value is -1.61. The summed E-state index contributed by atoms with van der Waals surface area (Å²) in [6.45, 7) is 3.84. The van der Waals surface area contributed by atoms with Crippen molar-refractivity contribution in [2.24, 2.45) is 11.7 Å². The smallest absolute Gasteiger partial charge is 0.214 e. The summed E-state index contributed by atoms with van der Waals surface area (Å²) >= 11 is 0. The predicted molar refractivity (Wildman–Crippen MR) is 63.4 cm³/mol. The average Bonchev–Trinajstić information content (AvgIpc) is 2.70. The number of carbonyl (C=O) groups excluding carboxylic acids is 1. The zero-order valence-electron chi connectivity index (χ0n) is 9.44. The highest BCUT2D eigenvalue weighted by molar-refractivity contribution is 6.00. The molecule has 2 N–H and O–H groups in total. The van der Waals surface area contributed by atoms with Crippen LogP contribution in [0.5, 0.6) is 0 Å². The number of nitrogens with two attached hydrogens (primary N) is 1. The second-order valence-corrected chi connectivity index (χ2v) is 4.28. The molecule has 2 aromatic rings. The van der Waals surface area contributed by atoms with Gasteiger partial charge in [0.1, 0.15) is 5.58 Å². The van der Waals surface area contributed by atoms with Crippen molar-refractivity contribution >= 4 is 16.8 Å². The SMILES string of the molecule is CC(C)[C@H](N)C(=O)c1cc2ccccc2o1. The fourth-order valence-corrected chi connectivity index (χ4v) is 1.57. The summed E-state index contributed by atoms with van der Waals surface area (Å²) in [5.74, 6) is 0.328. The van der Waals surface area contributed by atoms with Crippen LogP contribution in [0.15, 0.2) is 34.7 Å². The lowest BCUT2D eigenvalue weighted by Crippen LogP contribution is -2.35. The predicted octanol–water partition coefficient (Wildman–Crippen LogP) is 2.60. The summed E-state index contributed by atoms with van der Waals surface area (Å²) in [6.07, 6.45) is 0. The van der Waals surface area contributed by atoms with Crippen molar-refractivity contribution in [3.63, 3.8) is 0 Å². The molecule has 0 bridgehead atoms. The molecule has 0 fully saturated rings. The van der Waals surface area contributed by atoms with E-state index in [1.807, 2.05) is 38.1 Å². The van der Waals surface area contributed by atoms with Crippen molar-refractivity contribution in [2.75, 3.05) is 0 Å². The topological polar surface area (TPSA) is 56.2 Å². The normalized spacial score (nSPS) is 13.2. The number of rotatable bonds is 3. The second-order valence-electron chi connectivity index (χ2n) is 4.28. The number of hydrogen-bond acceptors (Lipinski definition) is 3. The molecular weight excluding hydrogens is 202 g/mol. The van der Waals surface area contributed by atoms with Gasteiger partial charge in [0.15, 0.2) is 5.76 Å². The molecule has 0 radical (unpaired) electrons. The summed E-state index contributed by atoms with van der Waals surface area (Å²) in [4.78, 5) is 11.9. The number of furan rings is 1. The van der Waals surface area contributed by atoms with Gasteiger partial charge in [-0.3, -0.25) is 4.79 Å². The Morgan fingerprint density at radius 2 is 2.00 bits per heavy atom. The Kier molecular flexibility index (Phi) is 2.79. The molecule has 1 atom stereocenters. The Morgan fingerprint density at radius 1 is 1.31 bits per heavy atom. The number of Topliss-reactive ketones (excluding diaryl/α,β-unsaturated/α-hetero) is 1. The van der Waals surface area contributed by atoms with Crippen LogP contribution in [-0.2, 0) is 0 Å². The highest BCUT2D eigenvalue weighted by Crippen LogP contribution is 2.20. The third-order valence-corrected chi connectivity index (χ3v) is 2.69. The van der Waals surface area contributed by atoms with Crippen LogP contribution in [0.25, 0.3) is 11.0 Å². The first-order chi connectivity index (χ1) is 7.59. The number of carbonyl (C=O) groups is 1. The van der Waals surface area contributed by atoms with E-state index in [9.17, 15) is 4.79 Å². The van der Waals surface area contributed by atoms with Gasteiger partial charge < -0.3 is 10.2 Å². The van der Waals surface area contributed by atoms with Gasteiger partial charge in [0.25, 0.3) is 0 Å². The molecule has 0 saturated heterocycles. The highest BCUT2D eigenvalue weighted by Gasteiger charge is 2.22. The van der Waals surface area contributed by atoms with E-state index in [2.05, 4.69) is 0 Å². The summed E-state index contributed by atoms with van der Waals surface area (Å²) in [5.41, 5.74) is 6.53. The number of para-hydroxylation sites is 1. The molecule has 3 nitrogen and oxygen atoms in total. The van der Waals surface area contributed by atoms with Crippen molar-refractivity contribution in [2.45, 2.75) is 19.9 Å². The summed E-state index contributed by atoms with van der Waals surface area (Å²) in [5, 5.41) is 0.932. The van der Waals surface area contributed by atoms with Gasteiger partial charge in [0.05, 0.1) is 6.04 Å². The molecule has 0 aliphatic rings. The fourth-order valence-electron chi connectivity index (χ4n) is 1.57. The van der Waals surface area contributed by atoms with E-state index in [0.29, 0.717) is 5.76 Å². The largest absolute Gasteiger partial charge is 0.453 e. The summed E-state index contributed by atoms with van der Waals surface area (Å²) in [7, 11) is 0. The number of fused-ring (bicyclic) bond motifs is 1. The number of hydrogen-bond donors (Lipinski definition) is 1. The molecule has 0 amide bonds. The van der Waals surface area contributed by atoms with E-state index >= 15 is 0 Å². The fraction of sp³-hybridized carbons (Fsp3) is 0.308. The molecule has 1 heterocycles.